The standard InChI is InChI=1S/C42H40N2O2/c1-5-27(3)31-19-15-29(16-20-31)25-43-37-13-9-7-11-33(37)41(45)35-24-40-36(23-39(35)43)42(46)34-12-8-10-14-38(34)44(40)26-30-17-21-32(22-18-30)28(4)6-2/h7-24,27-28H,5-6,25-26H2,1-4H3. The lowest BCUT2D eigenvalue weighted by atomic mass is 9.97. The molecule has 2 unspecified atom stereocenters. The monoisotopic (exact) mass is 604 g/mol. The van der Waals surface area contributed by atoms with Gasteiger partial charge >= 0.3 is 0 Å². The van der Waals surface area contributed by atoms with Crippen LogP contribution in [0.4, 0.5) is 0 Å². The number of pyridine rings is 2. The molecule has 5 aromatic carbocycles. The van der Waals surface area contributed by atoms with E-state index in [9.17, 15) is 9.59 Å². The van der Waals surface area contributed by atoms with Crippen molar-refractivity contribution < 1.29 is 0 Å². The van der Waals surface area contributed by atoms with Gasteiger partial charge in [0.1, 0.15) is 0 Å². The number of fused-ring (bicyclic) bond motifs is 4. The molecule has 0 saturated carbocycles. The van der Waals surface area contributed by atoms with Gasteiger partial charge in [-0.2, -0.15) is 0 Å². The summed E-state index contributed by atoms with van der Waals surface area (Å²) >= 11 is 0. The molecule has 0 amide bonds. The van der Waals surface area contributed by atoms with E-state index in [2.05, 4.69) is 85.4 Å². The summed E-state index contributed by atoms with van der Waals surface area (Å²) in [5.74, 6) is 1.01. The van der Waals surface area contributed by atoms with Gasteiger partial charge in [-0.15, -0.1) is 0 Å². The minimum atomic E-state index is -0.0130. The molecule has 46 heavy (non-hydrogen) atoms. The van der Waals surface area contributed by atoms with Crippen molar-refractivity contribution in [3.05, 3.63) is 152 Å². The van der Waals surface area contributed by atoms with E-state index in [1.54, 1.807) is 0 Å². The van der Waals surface area contributed by atoms with Crippen LogP contribution in [0.1, 0.15) is 74.6 Å². The molecular weight excluding hydrogens is 564 g/mol. The molecule has 4 heteroatoms. The molecule has 0 radical (unpaired) electrons. The number of nitrogens with zero attached hydrogens (tertiary/aromatic N) is 2. The summed E-state index contributed by atoms with van der Waals surface area (Å²) in [6, 6.07) is 37.2. The fourth-order valence-electron chi connectivity index (χ4n) is 6.82. The fourth-order valence-corrected chi connectivity index (χ4v) is 6.82. The van der Waals surface area contributed by atoms with Crippen LogP contribution in [0.2, 0.25) is 0 Å². The first kappa shape index (κ1) is 29.7. The minimum absolute atomic E-state index is 0.0130. The molecule has 0 spiro atoms. The van der Waals surface area contributed by atoms with Crippen molar-refractivity contribution >= 4 is 43.6 Å². The van der Waals surface area contributed by atoms with E-state index in [-0.39, 0.29) is 10.9 Å². The van der Waals surface area contributed by atoms with Gasteiger partial charge in [-0.1, -0.05) is 100 Å². The summed E-state index contributed by atoms with van der Waals surface area (Å²) in [5.41, 5.74) is 8.22. The summed E-state index contributed by atoms with van der Waals surface area (Å²) in [6.07, 6.45) is 2.19. The molecule has 0 fully saturated rings. The summed E-state index contributed by atoms with van der Waals surface area (Å²) < 4.78 is 4.41. The Hall–Kier alpha value is -4.96. The van der Waals surface area contributed by atoms with E-state index in [1.807, 2.05) is 60.7 Å². The molecule has 7 aromatic rings. The molecule has 230 valence electrons. The Labute approximate surface area is 269 Å². The highest BCUT2D eigenvalue weighted by Gasteiger charge is 2.18. The number of para-hydroxylation sites is 2. The van der Waals surface area contributed by atoms with Gasteiger partial charge in [0, 0.05) is 34.6 Å². The van der Waals surface area contributed by atoms with Crippen LogP contribution in [-0.4, -0.2) is 9.13 Å². The molecule has 0 aliphatic carbocycles. The quantitative estimate of drug-likeness (QED) is 0.162. The molecule has 0 aliphatic heterocycles. The second-order valence-electron chi connectivity index (χ2n) is 12.9. The summed E-state index contributed by atoms with van der Waals surface area (Å²) in [4.78, 5) is 28.3. The maximum atomic E-state index is 14.1. The number of rotatable bonds is 8. The van der Waals surface area contributed by atoms with Gasteiger partial charge in [0.25, 0.3) is 0 Å². The highest BCUT2D eigenvalue weighted by atomic mass is 16.1. The molecule has 0 aliphatic rings. The largest absolute Gasteiger partial charge is 0.336 e. The molecule has 2 heterocycles. The fraction of sp³-hybridized carbons (Fsp3) is 0.238. The normalized spacial score (nSPS) is 13.1. The van der Waals surface area contributed by atoms with Crippen molar-refractivity contribution in [3.63, 3.8) is 0 Å². The van der Waals surface area contributed by atoms with E-state index in [4.69, 9.17) is 0 Å². The third-order valence-corrected chi connectivity index (χ3v) is 10.1. The minimum Gasteiger partial charge on any atom is -0.336 e. The first-order valence-corrected chi connectivity index (χ1v) is 16.6. The lowest BCUT2D eigenvalue weighted by molar-refractivity contribution is 0.732. The number of hydrogen-bond donors (Lipinski definition) is 0. The van der Waals surface area contributed by atoms with Crippen LogP contribution >= 0.6 is 0 Å². The second-order valence-corrected chi connectivity index (χ2v) is 12.9. The SMILES string of the molecule is CCC(C)c1ccc(Cn2c3ccccc3c(=O)c3cc4c(cc32)c(=O)c2ccccc2n4Cc2ccc(C(C)CC)cc2)cc1. The molecule has 0 saturated heterocycles. The molecule has 2 aromatic heterocycles. The van der Waals surface area contributed by atoms with Crippen LogP contribution in [-0.2, 0) is 13.1 Å². The van der Waals surface area contributed by atoms with Crippen LogP contribution in [0, 0.1) is 0 Å². The van der Waals surface area contributed by atoms with Gasteiger partial charge in [0.05, 0.1) is 22.1 Å². The second kappa shape index (κ2) is 12.1. The third kappa shape index (κ3) is 5.12. The van der Waals surface area contributed by atoms with Crippen LogP contribution in [0.15, 0.2) is 119 Å². The van der Waals surface area contributed by atoms with Crippen molar-refractivity contribution in [2.75, 3.05) is 0 Å². The van der Waals surface area contributed by atoms with E-state index < -0.39 is 0 Å². The number of aromatic nitrogens is 2. The van der Waals surface area contributed by atoms with Crippen molar-refractivity contribution in [2.24, 2.45) is 0 Å². The maximum Gasteiger partial charge on any atom is 0.197 e. The lowest BCUT2D eigenvalue weighted by Gasteiger charge is -2.19. The van der Waals surface area contributed by atoms with Gasteiger partial charge < -0.3 is 9.13 Å². The van der Waals surface area contributed by atoms with Gasteiger partial charge in [-0.25, -0.2) is 0 Å². The molecule has 7 rings (SSSR count). The van der Waals surface area contributed by atoms with Crippen LogP contribution in [0.3, 0.4) is 0 Å². The molecular formula is C42H40N2O2. The average Bonchev–Trinajstić information content (AvgIpc) is 3.11. The average molecular weight is 605 g/mol. The van der Waals surface area contributed by atoms with Crippen LogP contribution in [0.5, 0.6) is 0 Å². The van der Waals surface area contributed by atoms with Crippen LogP contribution in [0.25, 0.3) is 43.6 Å². The Bertz CT molecular complexity index is 2180. The predicted octanol–water partition coefficient (Wildman–Crippen LogP) is 9.75. The van der Waals surface area contributed by atoms with Gasteiger partial charge in [0.15, 0.2) is 10.9 Å². The van der Waals surface area contributed by atoms with Crippen LogP contribution < -0.4 is 10.9 Å². The number of benzene rings is 5. The smallest absolute Gasteiger partial charge is 0.197 e. The van der Waals surface area contributed by atoms with E-state index in [0.717, 1.165) is 46.0 Å². The Morgan fingerprint density at radius 2 is 0.848 bits per heavy atom. The zero-order valence-electron chi connectivity index (χ0n) is 27.1. The maximum absolute atomic E-state index is 14.1. The highest BCUT2D eigenvalue weighted by molar-refractivity contribution is 6.03. The predicted molar refractivity (Wildman–Crippen MR) is 193 cm³/mol. The first-order valence-electron chi connectivity index (χ1n) is 16.6. The van der Waals surface area contributed by atoms with Gasteiger partial charge in [-0.3, -0.25) is 9.59 Å². The Morgan fingerprint density at radius 1 is 0.478 bits per heavy atom. The van der Waals surface area contributed by atoms with E-state index in [0.29, 0.717) is 46.5 Å². The molecule has 4 nitrogen and oxygen atoms in total. The zero-order valence-corrected chi connectivity index (χ0v) is 27.1. The third-order valence-electron chi connectivity index (χ3n) is 10.1. The topological polar surface area (TPSA) is 44.0 Å². The summed E-state index contributed by atoms with van der Waals surface area (Å²) in [5, 5.41) is 2.61. The Morgan fingerprint density at radius 3 is 1.22 bits per heavy atom. The van der Waals surface area contributed by atoms with Gasteiger partial charge in [0.2, 0.25) is 0 Å². The van der Waals surface area contributed by atoms with Crippen molar-refractivity contribution in [3.8, 4) is 0 Å². The molecule has 0 bridgehead atoms. The summed E-state index contributed by atoms with van der Waals surface area (Å²) in [6.45, 7) is 10.1. The van der Waals surface area contributed by atoms with Crippen molar-refractivity contribution in [1.82, 2.24) is 9.13 Å². The number of hydrogen-bond acceptors (Lipinski definition) is 2. The molecule has 0 N–H and O–H groups in total. The molecule has 2 atom stereocenters. The Balaban J connectivity index is 1.47. The van der Waals surface area contributed by atoms with Gasteiger partial charge in [-0.05, 0) is 83.3 Å². The van der Waals surface area contributed by atoms with E-state index >= 15 is 0 Å². The van der Waals surface area contributed by atoms with Crippen molar-refractivity contribution in [2.45, 2.75) is 65.5 Å². The lowest BCUT2D eigenvalue weighted by Crippen LogP contribution is -2.16. The zero-order chi connectivity index (χ0) is 31.9. The Kier molecular flexibility index (Phi) is 7.82. The summed E-state index contributed by atoms with van der Waals surface area (Å²) in [7, 11) is 0. The van der Waals surface area contributed by atoms with Crippen molar-refractivity contribution in [1.29, 1.82) is 0 Å². The highest BCUT2D eigenvalue weighted by Crippen LogP contribution is 2.29. The van der Waals surface area contributed by atoms with E-state index in [1.165, 1.54) is 11.1 Å². The first-order chi connectivity index (χ1) is 22.4.